The van der Waals surface area contributed by atoms with Crippen molar-refractivity contribution in [3.05, 3.63) is 35.5 Å². The monoisotopic (exact) mass is 203 g/mol. The van der Waals surface area contributed by atoms with Gasteiger partial charge in [-0.3, -0.25) is 0 Å². The molecular weight excluding hydrogens is 190 g/mol. The number of aryl methyl sites for hydroxylation is 1. The topological polar surface area (TPSA) is 69.6 Å². The minimum absolute atomic E-state index is 0.496. The molecule has 5 nitrogen and oxygen atoms in total. The lowest BCUT2D eigenvalue weighted by Crippen LogP contribution is -2.04. The Morgan fingerprint density at radius 1 is 1.33 bits per heavy atom. The molecule has 0 aliphatic heterocycles. The molecular formula is C10H13N5. The Bertz CT molecular complexity index is 474. The van der Waals surface area contributed by atoms with E-state index in [4.69, 9.17) is 5.73 Å². The average Bonchev–Trinajstić information content (AvgIpc) is 2.59. The third-order valence-corrected chi connectivity index (χ3v) is 2.34. The predicted molar refractivity (Wildman–Crippen MR) is 56.5 cm³/mol. The first-order valence-electron chi connectivity index (χ1n) is 4.75. The largest absolute Gasteiger partial charge is 0.326 e. The van der Waals surface area contributed by atoms with Crippen LogP contribution in [0, 0.1) is 13.8 Å². The predicted octanol–water partition coefficient (Wildman–Crippen LogP) is 0.738. The summed E-state index contributed by atoms with van der Waals surface area (Å²) < 4.78 is 1.77. The van der Waals surface area contributed by atoms with Crippen molar-refractivity contribution in [1.29, 1.82) is 0 Å². The van der Waals surface area contributed by atoms with Crippen molar-refractivity contribution in [1.82, 2.24) is 19.7 Å². The number of rotatable bonds is 2. The number of aromatic nitrogens is 4. The van der Waals surface area contributed by atoms with Gasteiger partial charge in [0.2, 0.25) is 0 Å². The minimum atomic E-state index is 0.496. The van der Waals surface area contributed by atoms with E-state index in [1.807, 2.05) is 19.9 Å². The van der Waals surface area contributed by atoms with Crippen LogP contribution in [0.1, 0.15) is 17.0 Å². The molecule has 0 aliphatic rings. The van der Waals surface area contributed by atoms with Gasteiger partial charge in [0, 0.05) is 29.6 Å². The molecule has 2 aromatic heterocycles. The van der Waals surface area contributed by atoms with Crippen molar-refractivity contribution < 1.29 is 0 Å². The van der Waals surface area contributed by atoms with Crippen LogP contribution in [-0.2, 0) is 6.54 Å². The molecule has 0 atom stereocenters. The van der Waals surface area contributed by atoms with Gasteiger partial charge in [-0.15, -0.1) is 0 Å². The summed E-state index contributed by atoms with van der Waals surface area (Å²) in [5, 5.41) is 4.24. The fourth-order valence-electron chi connectivity index (χ4n) is 1.43. The third-order valence-electron chi connectivity index (χ3n) is 2.34. The van der Waals surface area contributed by atoms with Gasteiger partial charge in [0.1, 0.15) is 6.33 Å². The molecule has 0 radical (unpaired) electrons. The Hall–Kier alpha value is -1.75. The summed E-state index contributed by atoms with van der Waals surface area (Å²) in [6, 6.07) is 1.89. The molecule has 78 valence electrons. The normalized spacial score (nSPS) is 10.6. The summed E-state index contributed by atoms with van der Waals surface area (Å²) in [6.07, 6.45) is 3.31. The van der Waals surface area contributed by atoms with Crippen molar-refractivity contribution >= 4 is 0 Å². The van der Waals surface area contributed by atoms with Gasteiger partial charge in [0.05, 0.1) is 6.20 Å². The van der Waals surface area contributed by atoms with Gasteiger partial charge in [0.15, 0.2) is 5.82 Å². The molecule has 2 heterocycles. The van der Waals surface area contributed by atoms with Crippen LogP contribution in [0.15, 0.2) is 18.6 Å². The highest BCUT2D eigenvalue weighted by Crippen LogP contribution is 2.11. The Balaban J connectivity index is 2.49. The van der Waals surface area contributed by atoms with Crippen molar-refractivity contribution in [2.24, 2.45) is 5.73 Å². The second kappa shape index (κ2) is 3.78. The molecule has 0 saturated heterocycles. The van der Waals surface area contributed by atoms with E-state index in [0.717, 1.165) is 22.8 Å². The molecule has 0 unspecified atom stereocenters. The molecule has 0 fully saturated rings. The lowest BCUT2D eigenvalue weighted by atomic mass is 10.3. The van der Waals surface area contributed by atoms with Gasteiger partial charge in [-0.25, -0.2) is 14.6 Å². The van der Waals surface area contributed by atoms with Crippen molar-refractivity contribution in [3.63, 3.8) is 0 Å². The second-order valence-corrected chi connectivity index (χ2v) is 3.39. The van der Waals surface area contributed by atoms with Crippen molar-refractivity contribution in [2.75, 3.05) is 0 Å². The molecule has 0 aliphatic carbocycles. The Labute approximate surface area is 88.0 Å². The van der Waals surface area contributed by atoms with Gasteiger partial charge < -0.3 is 5.73 Å². The van der Waals surface area contributed by atoms with Crippen LogP contribution in [0.3, 0.4) is 0 Å². The summed E-state index contributed by atoms with van der Waals surface area (Å²) in [7, 11) is 0. The SMILES string of the molecule is Cc1cc(-n2ncc(CN)c2C)ncn1. The minimum Gasteiger partial charge on any atom is -0.326 e. The first-order chi connectivity index (χ1) is 7.22. The van der Waals surface area contributed by atoms with Crippen LogP contribution in [-0.4, -0.2) is 19.7 Å². The van der Waals surface area contributed by atoms with Crippen LogP contribution < -0.4 is 5.73 Å². The highest BCUT2D eigenvalue weighted by atomic mass is 15.3. The summed E-state index contributed by atoms with van der Waals surface area (Å²) in [5.74, 6) is 0.778. The number of nitrogens with two attached hydrogens (primary N) is 1. The quantitative estimate of drug-likeness (QED) is 0.781. The third kappa shape index (κ3) is 1.73. The summed E-state index contributed by atoms with van der Waals surface area (Å²) >= 11 is 0. The summed E-state index contributed by atoms with van der Waals surface area (Å²) in [6.45, 7) is 4.40. The van der Waals surface area contributed by atoms with Gasteiger partial charge in [-0.1, -0.05) is 0 Å². The number of hydrogen-bond acceptors (Lipinski definition) is 4. The highest BCUT2D eigenvalue weighted by molar-refractivity contribution is 5.28. The fourth-order valence-corrected chi connectivity index (χ4v) is 1.43. The zero-order valence-corrected chi connectivity index (χ0v) is 8.81. The van der Waals surface area contributed by atoms with E-state index in [1.54, 1.807) is 10.9 Å². The van der Waals surface area contributed by atoms with Crippen LogP contribution in [0.5, 0.6) is 0 Å². The highest BCUT2D eigenvalue weighted by Gasteiger charge is 2.07. The van der Waals surface area contributed by atoms with Crippen molar-refractivity contribution in [2.45, 2.75) is 20.4 Å². The van der Waals surface area contributed by atoms with Gasteiger partial charge in [0.25, 0.3) is 0 Å². The molecule has 0 spiro atoms. The van der Waals surface area contributed by atoms with E-state index in [9.17, 15) is 0 Å². The van der Waals surface area contributed by atoms with Crippen LogP contribution in [0.4, 0.5) is 0 Å². The lowest BCUT2D eigenvalue weighted by molar-refractivity contribution is 0.805. The summed E-state index contributed by atoms with van der Waals surface area (Å²) in [5.41, 5.74) is 8.56. The zero-order chi connectivity index (χ0) is 10.8. The van der Waals surface area contributed by atoms with Crippen LogP contribution >= 0.6 is 0 Å². The average molecular weight is 203 g/mol. The second-order valence-electron chi connectivity index (χ2n) is 3.39. The molecule has 0 amide bonds. The molecule has 15 heavy (non-hydrogen) atoms. The van der Waals surface area contributed by atoms with E-state index in [-0.39, 0.29) is 0 Å². The van der Waals surface area contributed by atoms with E-state index in [2.05, 4.69) is 15.1 Å². The Morgan fingerprint density at radius 2 is 2.13 bits per heavy atom. The van der Waals surface area contributed by atoms with Crippen molar-refractivity contribution in [3.8, 4) is 5.82 Å². The maximum atomic E-state index is 5.59. The maximum absolute atomic E-state index is 5.59. The number of nitrogens with zero attached hydrogens (tertiary/aromatic N) is 4. The van der Waals surface area contributed by atoms with Gasteiger partial charge >= 0.3 is 0 Å². The smallest absolute Gasteiger partial charge is 0.157 e. The van der Waals surface area contributed by atoms with Crippen LogP contribution in [0.25, 0.3) is 5.82 Å². The van der Waals surface area contributed by atoms with Gasteiger partial charge in [-0.2, -0.15) is 5.10 Å². The van der Waals surface area contributed by atoms with E-state index in [0.29, 0.717) is 6.54 Å². The van der Waals surface area contributed by atoms with E-state index < -0.39 is 0 Å². The molecule has 5 heteroatoms. The van der Waals surface area contributed by atoms with Gasteiger partial charge in [-0.05, 0) is 13.8 Å². The van der Waals surface area contributed by atoms with Crippen LogP contribution in [0.2, 0.25) is 0 Å². The molecule has 0 aromatic carbocycles. The Kier molecular flexibility index (Phi) is 2.47. The maximum Gasteiger partial charge on any atom is 0.157 e. The molecule has 0 bridgehead atoms. The van der Waals surface area contributed by atoms with E-state index >= 15 is 0 Å². The lowest BCUT2D eigenvalue weighted by Gasteiger charge is -2.03. The molecule has 0 saturated carbocycles. The first-order valence-corrected chi connectivity index (χ1v) is 4.75. The number of hydrogen-bond donors (Lipinski definition) is 1. The summed E-state index contributed by atoms with van der Waals surface area (Å²) in [4.78, 5) is 8.21. The Morgan fingerprint density at radius 3 is 2.73 bits per heavy atom. The molecule has 2 N–H and O–H groups in total. The van der Waals surface area contributed by atoms with E-state index in [1.165, 1.54) is 6.33 Å². The molecule has 2 aromatic rings. The fraction of sp³-hybridized carbons (Fsp3) is 0.300. The standard InChI is InChI=1S/C10H13N5/c1-7-3-10(13-6-12-7)15-8(2)9(4-11)5-14-15/h3,5-6H,4,11H2,1-2H3. The zero-order valence-electron chi connectivity index (χ0n) is 8.81. The molecule has 2 rings (SSSR count). The first kappa shape index (κ1) is 9.79.